The highest BCUT2D eigenvalue weighted by Crippen LogP contribution is 2.34. The van der Waals surface area contributed by atoms with Crippen LogP contribution >= 0.6 is 0 Å². The number of ether oxygens (including phenoxy) is 1. The molecule has 1 N–H and O–H groups in total. The van der Waals surface area contributed by atoms with Crippen molar-refractivity contribution >= 4 is 21.6 Å². The highest BCUT2D eigenvalue weighted by Gasteiger charge is 2.31. The van der Waals surface area contributed by atoms with Crippen molar-refractivity contribution in [2.45, 2.75) is 50.6 Å². The van der Waals surface area contributed by atoms with Crippen LogP contribution in [-0.4, -0.2) is 27.5 Å². The Morgan fingerprint density at radius 2 is 1.74 bits per heavy atom. The SMILES string of the molecule is COc1ccc(C(=O)N2c3cc(CNS(=O)(=O)c4ccc(C(C)C)cc4)ccc3CC2C)cc1. The van der Waals surface area contributed by atoms with Crippen LogP contribution < -0.4 is 14.4 Å². The number of hydrogen-bond acceptors (Lipinski definition) is 4. The quantitative estimate of drug-likeness (QED) is 0.525. The lowest BCUT2D eigenvalue weighted by Gasteiger charge is -2.23. The highest BCUT2D eigenvalue weighted by molar-refractivity contribution is 7.89. The molecule has 3 aromatic carbocycles. The summed E-state index contributed by atoms with van der Waals surface area (Å²) in [5.41, 5.74) is 4.36. The average molecular weight is 479 g/mol. The second-order valence-electron chi connectivity index (χ2n) is 8.97. The Kier molecular flexibility index (Phi) is 6.77. The van der Waals surface area contributed by atoms with Gasteiger partial charge in [0, 0.05) is 23.8 Å². The fourth-order valence-electron chi connectivity index (χ4n) is 4.24. The Bertz CT molecular complexity index is 1280. The Hall–Kier alpha value is -3.16. The molecule has 0 saturated carbocycles. The van der Waals surface area contributed by atoms with Gasteiger partial charge in [-0.25, -0.2) is 13.1 Å². The average Bonchev–Trinajstić information content (AvgIpc) is 3.17. The van der Waals surface area contributed by atoms with Crippen molar-refractivity contribution in [2.75, 3.05) is 12.0 Å². The number of benzene rings is 3. The van der Waals surface area contributed by atoms with Gasteiger partial charge in [-0.1, -0.05) is 38.1 Å². The molecule has 0 spiro atoms. The largest absolute Gasteiger partial charge is 0.497 e. The monoisotopic (exact) mass is 478 g/mol. The molecule has 7 heteroatoms. The van der Waals surface area contributed by atoms with E-state index in [1.807, 2.05) is 37.3 Å². The second-order valence-corrected chi connectivity index (χ2v) is 10.7. The summed E-state index contributed by atoms with van der Waals surface area (Å²) in [6, 6.07) is 19.8. The van der Waals surface area contributed by atoms with Crippen molar-refractivity contribution in [3.63, 3.8) is 0 Å². The lowest BCUT2D eigenvalue weighted by atomic mass is 10.0. The van der Waals surface area contributed by atoms with E-state index in [4.69, 9.17) is 4.74 Å². The minimum atomic E-state index is -3.65. The molecule has 1 amide bonds. The van der Waals surface area contributed by atoms with Crippen LogP contribution in [0.1, 0.15) is 53.7 Å². The van der Waals surface area contributed by atoms with Crippen molar-refractivity contribution in [1.29, 1.82) is 0 Å². The maximum atomic E-state index is 13.3. The van der Waals surface area contributed by atoms with E-state index in [9.17, 15) is 13.2 Å². The van der Waals surface area contributed by atoms with Gasteiger partial charge in [-0.15, -0.1) is 0 Å². The Labute approximate surface area is 201 Å². The number of sulfonamides is 1. The van der Waals surface area contributed by atoms with Gasteiger partial charge in [0.1, 0.15) is 5.75 Å². The van der Waals surface area contributed by atoms with Crippen LogP contribution in [0.4, 0.5) is 5.69 Å². The summed E-state index contributed by atoms with van der Waals surface area (Å²) in [6.07, 6.45) is 0.755. The van der Waals surface area contributed by atoms with Crippen LogP contribution in [0, 0.1) is 0 Å². The van der Waals surface area contributed by atoms with Crippen molar-refractivity contribution in [3.05, 3.63) is 89.0 Å². The zero-order valence-corrected chi connectivity index (χ0v) is 20.7. The van der Waals surface area contributed by atoms with E-state index in [2.05, 4.69) is 18.6 Å². The number of methoxy groups -OCH3 is 1. The van der Waals surface area contributed by atoms with E-state index in [1.165, 1.54) is 0 Å². The zero-order valence-electron chi connectivity index (χ0n) is 19.9. The van der Waals surface area contributed by atoms with Gasteiger partial charge in [-0.2, -0.15) is 0 Å². The highest BCUT2D eigenvalue weighted by atomic mass is 32.2. The third kappa shape index (κ3) is 4.86. The lowest BCUT2D eigenvalue weighted by Crippen LogP contribution is -2.35. The first-order chi connectivity index (χ1) is 16.2. The molecule has 0 bridgehead atoms. The number of carbonyl (C=O) groups is 1. The minimum Gasteiger partial charge on any atom is -0.497 e. The van der Waals surface area contributed by atoms with Gasteiger partial charge in [-0.3, -0.25) is 4.79 Å². The number of rotatable bonds is 7. The molecule has 4 rings (SSSR count). The van der Waals surface area contributed by atoms with Crippen LogP contribution in [0.25, 0.3) is 0 Å². The summed E-state index contributed by atoms with van der Waals surface area (Å²) in [6.45, 7) is 6.30. The Balaban J connectivity index is 1.52. The maximum Gasteiger partial charge on any atom is 0.258 e. The van der Waals surface area contributed by atoms with Crippen LogP contribution in [0.3, 0.4) is 0 Å². The van der Waals surface area contributed by atoms with E-state index in [1.54, 1.807) is 48.4 Å². The molecule has 1 aliphatic rings. The third-order valence-corrected chi connectivity index (χ3v) is 7.66. The molecule has 0 fully saturated rings. The van der Waals surface area contributed by atoms with Crippen LogP contribution in [0.2, 0.25) is 0 Å². The van der Waals surface area contributed by atoms with Crippen molar-refractivity contribution in [3.8, 4) is 5.75 Å². The predicted octanol–water partition coefficient (Wildman–Crippen LogP) is 4.89. The summed E-state index contributed by atoms with van der Waals surface area (Å²) in [4.78, 5) is 15.3. The van der Waals surface area contributed by atoms with Crippen LogP contribution in [-0.2, 0) is 23.0 Å². The molecule has 1 atom stereocenters. The van der Waals surface area contributed by atoms with Gasteiger partial charge < -0.3 is 9.64 Å². The summed E-state index contributed by atoms with van der Waals surface area (Å²) >= 11 is 0. The van der Waals surface area contributed by atoms with Gasteiger partial charge in [0.25, 0.3) is 5.91 Å². The normalized spacial score (nSPS) is 15.4. The first-order valence-corrected chi connectivity index (χ1v) is 12.9. The topological polar surface area (TPSA) is 75.7 Å². The fourth-order valence-corrected chi connectivity index (χ4v) is 5.26. The van der Waals surface area contributed by atoms with Gasteiger partial charge in [0.15, 0.2) is 0 Å². The standard InChI is InChI=1S/C27H30N2O4S/c1-18(2)21-9-13-25(14-10-21)34(31,32)28-17-20-5-6-23-15-19(3)29(26(23)16-20)27(30)22-7-11-24(33-4)12-8-22/h5-14,16,18-19,28H,15,17H2,1-4H3. The van der Waals surface area contributed by atoms with Crippen molar-refractivity contribution in [2.24, 2.45) is 0 Å². The third-order valence-electron chi connectivity index (χ3n) is 6.24. The summed E-state index contributed by atoms with van der Waals surface area (Å²) in [5.74, 6) is 0.943. The molecule has 1 unspecified atom stereocenters. The van der Waals surface area contributed by atoms with E-state index in [-0.39, 0.29) is 23.4 Å². The van der Waals surface area contributed by atoms with Gasteiger partial charge in [0.05, 0.1) is 12.0 Å². The summed E-state index contributed by atoms with van der Waals surface area (Å²) in [7, 11) is -2.06. The second kappa shape index (κ2) is 9.60. The molecular weight excluding hydrogens is 448 g/mol. The molecule has 34 heavy (non-hydrogen) atoms. The number of amides is 1. The molecule has 0 radical (unpaired) electrons. The number of nitrogens with zero attached hydrogens (tertiary/aromatic N) is 1. The summed E-state index contributed by atoms with van der Waals surface area (Å²) in [5, 5.41) is 0. The molecule has 0 aromatic heterocycles. The predicted molar refractivity (Wildman–Crippen MR) is 134 cm³/mol. The number of nitrogens with one attached hydrogen (secondary N) is 1. The van der Waals surface area contributed by atoms with Gasteiger partial charge in [-0.05, 0) is 78.4 Å². The molecule has 0 aliphatic carbocycles. The van der Waals surface area contributed by atoms with Crippen molar-refractivity contribution in [1.82, 2.24) is 4.72 Å². The van der Waals surface area contributed by atoms with E-state index < -0.39 is 10.0 Å². The van der Waals surface area contributed by atoms with Crippen LogP contribution in [0.5, 0.6) is 5.75 Å². The van der Waals surface area contributed by atoms with E-state index in [0.29, 0.717) is 17.2 Å². The molecule has 1 aliphatic heterocycles. The molecular formula is C27H30N2O4S. The smallest absolute Gasteiger partial charge is 0.258 e. The van der Waals surface area contributed by atoms with E-state index >= 15 is 0 Å². The first-order valence-electron chi connectivity index (χ1n) is 11.4. The summed E-state index contributed by atoms with van der Waals surface area (Å²) < 4.78 is 33.5. The number of anilines is 1. The fraction of sp³-hybridized carbons (Fsp3) is 0.296. The first kappa shape index (κ1) is 24.0. The number of hydrogen-bond donors (Lipinski definition) is 1. The maximum absolute atomic E-state index is 13.3. The molecule has 6 nitrogen and oxygen atoms in total. The molecule has 1 heterocycles. The van der Waals surface area contributed by atoms with Gasteiger partial charge in [0.2, 0.25) is 10.0 Å². The number of fused-ring (bicyclic) bond motifs is 1. The molecule has 3 aromatic rings. The molecule has 0 saturated heterocycles. The zero-order chi connectivity index (χ0) is 24.5. The van der Waals surface area contributed by atoms with Gasteiger partial charge >= 0.3 is 0 Å². The van der Waals surface area contributed by atoms with Crippen LogP contribution in [0.15, 0.2) is 71.6 Å². The number of carbonyl (C=O) groups excluding carboxylic acids is 1. The Morgan fingerprint density at radius 1 is 1.06 bits per heavy atom. The van der Waals surface area contributed by atoms with E-state index in [0.717, 1.165) is 28.8 Å². The molecule has 178 valence electrons. The minimum absolute atomic E-state index is 0.0102. The lowest BCUT2D eigenvalue weighted by molar-refractivity contribution is 0.0981. The van der Waals surface area contributed by atoms with Crippen molar-refractivity contribution < 1.29 is 17.9 Å². The Morgan fingerprint density at radius 3 is 2.35 bits per heavy atom.